The van der Waals surface area contributed by atoms with Crippen LogP contribution < -0.4 is 9.61 Å². The lowest BCUT2D eigenvalue weighted by Crippen LogP contribution is -2.31. The number of thioether (sulfide) groups is 1. The largest absolute Gasteiger partial charge is 0.493 e. The summed E-state index contributed by atoms with van der Waals surface area (Å²) >= 11 is 2.90. The number of para-hydroxylation sites is 1. The van der Waals surface area contributed by atoms with Gasteiger partial charge in [0.05, 0.1) is 18.1 Å². The summed E-state index contributed by atoms with van der Waals surface area (Å²) in [6, 6.07) is 7.99. The lowest BCUT2D eigenvalue weighted by atomic mass is 9.84. The summed E-state index contributed by atoms with van der Waals surface area (Å²) in [6.07, 6.45) is -0.0303. The number of ether oxygens (including phenoxy) is 1. The molecule has 0 amide bonds. The fraction of sp³-hybridized carbons (Fsp3) is 0.375. The maximum absolute atomic E-state index is 12.3. The van der Waals surface area contributed by atoms with Crippen LogP contribution in [0.1, 0.15) is 22.8 Å². The van der Waals surface area contributed by atoms with Crippen molar-refractivity contribution < 1.29 is 14.6 Å². The van der Waals surface area contributed by atoms with Crippen molar-refractivity contribution in [1.29, 1.82) is 0 Å². The standard InChI is InChI=1S/C16H15NO4S2/c18-12(19)5-6-17-15-14(23-16(17)20)13-9(8-22-15)7-21-11-4-2-1-3-10(11)13/h1-4,9,13H,5-8H2,(H,18,19)/t9-,13+/m1/s1. The fourth-order valence-electron chi connectivity index (χ4n) is 3.26. The zero-order valence-corrected chi connectivity index (χ0v) is 13.9. The van der Waals surface area contributed by atoms with Crippen molar-refractivity contribution in [1.82, 2.24) is 4.57 Å². The minimum absolute atomic E-state index is 0.0303. The number of thiazole rings is 1. The lowest BCUT2D eigenvalue weighted by molar-refractivity contribution is -0.137. The van der Waals surface area contributed by atoms with Crippen molar-refractivity contribution in [2.75, 3.05) is 12.4 Å². The normalized spacial score (nSPS) is 21.7. The highest BCUT2D eigenvalue weighted by Gasteiger charge is 2.39. The van der Waals surface area contributed by atoms with Crippen LogP contribution in [-0.2, 0) is 11.3 Å². The lowest BCUT2D eigenvalue weighted by Gasteiger charge is -2.36. The van der Waals surface area contributed by atoms with Crippen molar-refractivity contribution >= 4 is 29.1 Å². The first-order valence-electron chi connectivity index (χ1n) is 7.45. The van der Waals surface area contributed by atoms with E-state index in [9.17, 15) is 9.59 Å². The number of carboxylic acid groups (broad SMARTS) is 1. The second-order valence-corrected chi connectivity index (χ2v) is 7.73. The molecule has 120 valence electrons. The number of carbonyl (C=O) groups is 1. The first-order valence-corrected chi connectivity index (χ1v) is 9.25. The number of carboxylic acids is 1. The van der Waals surface area contributed by atoms with Crippen LogP contribution in [-0.4, -0.2) is 28.0 Å². The van der Waals surface area contributed by atoms with Gasteiger partial charge in [-0.05, 0) is 6.07 Å². The molecular weight excluding hydrogens is 334 g/mol. The van der Waals surface area contributed by atoms with Gasteiger partial charge in [-0.2, -0.15) is 0 Å². The zero-order valence-electron chi connectivity index (χ0n) is 12.2. The van der Waals surface area contributed by atoms with E-state index in [2.05, 4.69) is 6.07 Å². The third-order valence-corrected chi connectivity index (χ3v) is 6.82. The van der Waals surface area contributed by atoms with Crippen LogP contribution in [0.5, 0.6) is 5.75 Å². The smallest absolute Gasteiger partial charge is 0.308 e. The highest BCUT2D eigenvalue weighted by Crippen LogP contribution is 2.50. The van der Waals surface area contributed by atoms with Crippen LogP contribution in [0.4, 0.5) is 0 Å². The van der Waals surface area contributed by atoms with E-state index in [0.717, 1.165) is 27.0 Å². The fourth-order valence-corrected chi connectivity index (χ4v) is 6.00. The Morgan fingerprint density at radius 1 is 1.39 bits per heavy atom. The Hall–Kier alpha value is -1.73. The van der Waals surface area contributed by atoms with Crippen molar-refractivity contribution in [2.45, 2.75) is 23.9 Å². The minimum Gasteiger partial charge on any atom is -0.493 e. The summed E-state index contributed by atoms with van der Waals surface area (Å²) in [5.41, 5.74) is 1.14. The van der Waals surface area contributed by atoms with E-state index in [0.29, 0.717) is 12.5 Å². The molecule has 0 saturated heterocycles. The number of hydrogen-bond acceptors (Lipinski definition) is 5. The summed E-state index contributed by atoms with van der Waals surface area (Å²) in [6.45, 7) is 0.901. The summed E-state index contributed by atoms with van der Waals surface area (Å²) < 4.78 is 7.48. The van der Waals surface area contributed by atoms with Crippen LogP contribution in [0.25, 0.3) is 0 Å². The maximum Gasteiger partial charge on any atom is 0.308 e. The molecule has 23 heavy (non-hydrogen) atoms. The monoisotopic (exact) mass is 349 g/mol. The highest BCUT2D eigenvalue weighted by molar-refractivity contribution is 7.99. The molecule has 2 aliphatic heterocycles. The molecule has 4 rings (SSSR count). The van der Waals surface area contributed by atoms with Crippen LogP contribution in [0.3, 0.4) is 0 Å². The molecule has 2 aromatic rings. The maximum atomic E-state index is 12.3. The molecule has 2 aliphatic rings. The zero-order chi connectivity index (χ0) is 16.0. The SMILES string of the molecule is O=C(O)CCn1c2c(sc1=O)[C@@H]1c3ccccc3OC[C@@H]1CS2. The van der Waals surface area contributed by atoms with Crippen LogP contribution in [0.15, 0.2) is 34.1 Å². The molecule has 0 saturated carbocycles. The third kappa shape index (κ3) is 2.48. The van der Waals surface area contributed by atoms with Crippen molar-refractivity contribution in [3.05, 3.63) is 44.4 Å². The topological polar surface area (TPSA) is 68.5 Å². The Morgan fingerprint density at radius 2 is 2.22 bits per heavy atom. The number of aliphatic carboxylic acids is 1. The Labute approximate surface area is 140 Å². The molecule has 2 atom stereocenters. The average molecular weight is 349 g/mol. The molecule has 1 N–H and O–H groups in total. The van der Waals surface area contributed by atoms with E-state index < -0.39 is 5.97 Å². The summed E-state index contributed by atoms with van der Waals surface area (Å²) in [4.78, 5) is 24.2. The van der Waals surface area contributed by atoms with Gasteiger partial charge in [-0.25, -0.2) is 0 Å². The van der Waals surface area contributed by atoms with E-state index in [4.69, 9.17) is 9.84 Å². The van der Waals surface area contributed by atoms with Gasteiger partial charge in [0.15, 0.2) is 0 Å². The number of rotatable bonds is 3. The molecule has 0 bridgehead atoms. The molecule has 0 aliphatic carbocycles. The van der Waals surface area contributed by atoms with Crippen LogP contribution in [0, 0.1) is 5.92 Å². The van der Waals surface area contributed by atoms with E-state index in [-0.39, 0.29) is 23.8 Å². The number of hydrogen-bond donors (Lipinski definition) is 1. The van der Waals surface area contributed by atoms with Gasteiger partial charge < -0.3 is 9.84 Å². The molecule has 1 aromatic carbocycles. The Morgan fingerprint density at radius 3 is 3.04 bits per heavy atom. The highest BCUT2D eigenvalue weighted by atomic mass is 32.2. The Balaban J connectivity index is 1.79. The second-order valence-electron chi connectivity index (χ2n) is 5.73. The van der Waals surface area contributed by atoms with Gasteiger partial charge in [-0.1, -0.05) is 29.5 Å². The van der Waals surface area contributed by atoms with Gasteiger partial charge in [-0.3, -0.25) is 14.2 Å². The predicted octanol–water partition coefficient (Wildman–Crippen LogP) is 2.63. The number of nitrogens with zero attached hydrogens (tertiary/aromatic N) is 1. The molecule has 1 aromatic heterocycles. The first kappa shape index (κ1) is 14.8. The first-order chi connectivity index (χ1) is 11.1. The molecule has 3 heterocycles. The third-order valence-electron chi connectivity index (χ3n) is 4.32. The van der Waals surface area contributed by atoms with Gasteiger partial charge in [0.25, 0.3) is 0 Å². The molecule has 7 heteroatoms. The molecule has 0 unspecified atom stereocenters. The van der Waals surface area contributed by atoms with Crippen LogP contribution >= 0.6 is 23.1 Å². The molecule has 0 radical (unpaired) electrons. The van der Waals surface area contributed by atoms with Gasteiger partial charge in [-0.15, -0.1) is 11.8 Å². The Kier molecular flexibility index (Phi) is 3.69. The average Bonchev–Trinajstić information content (AvgIpc) is 2.87. The van der Waals surface area contributed by atoms with Gasteiger partial charge in [0.1, 0.15) is 5.75 Å². The van der Waals surface area contributed by atoms with E-state index in [1.165, 1.54) is 11.3 Å². The Bertz CT molecular complexity index is 826. The van der Waals surface area contributed by atoms with Crippen LogP contribution in [0.2, 0.25) is 0 Å². The number of fused-ring (bicyclic) bond motifs is 5. The van der Waals surface area contributed by atoms with E-state index in [1.807, 2.05) is 18.2 Å². The van der Waals surface area contributed by atoms with Gasteiger partial charge >= 0.3 is 10.8 Å². The van der Waals surface area contributed by atoms with Crippen molar-refractivity contribution in [3.8, 4) is 5.75 Å². The minimum atomic E-state index is -0.882. The summed E-state index contributed by atoms with van der Waals surface area (Å²) in [5, 5.41) is 9.83. The van der Waals surface area contributed by atoms with E-state index >= 15 is 0 Å². The molecule has 0 spiro atoms. The second kappa shape index (κ2) is 5.72. The van der Waals surface area contributed by atoms with Crippen molar-refractivity contribution in [2.24, 2.45) is 5.92 Å². The van der Waals surface area contributed by atoms with Gasteiger partial charge in [0.2, 0.25) is 0 Å². The van der Waals surface area contributed by atoms with Crippen molar-refractivity contribution in [3.63, 3.8) is 0 Å². The van der Waals surface area contributed by atoms with E-state index in [1.54, 1.807) is 16.3 Å². The quantitative estimate of drug-likeness (QED) is 0.922. The van der Waals surface area contributed by atoms with Gasteiger partial charge in [0, 0.05) is 34.6 Å². The molecule has 0 fully saturated rings. The molecular formula is C16H15NO4S2. The number of aromatic nitrogens is 1. The molecule has 5 nitrogen and oxygen atoms in total. The predicted molar refractivity (Wildman–Crippen MR) is 88.8 cm³/mol. The summed E-state index contributed by atoms with van der Waals surface area (Å²) in [7, 11) is 0. The number of benzene rings is 1. The summed E-state index contributed by atoms with van der Waals surface area (Å²) in [5.74, 6) is 1.43.